The first kappa shape index (κ1) is 15.2. The first-order valence-electron chi connectivity index (χ1n) is 7.01. The third kappa shape index (κ3) is 3.65. The van der Waals surface area contributed by atoms with E-state index in [2.05, 4.69) is 0 Å². The first-order chi connectivity index (χ1) is 9.99. The first-order valence-corrected chi connectivity index (χ1v) is 7.01. The number of likely N-dealkylation sites (tertiary alicyclic amines) is 1. The molecule has 1 heterocycles. The summed E-state index contributed by atoms with van der Waals surface area (Å²) in [6.45, 7) is 1.07. The molecule has 3 N–H and O–H groups in total. The highest BCUT2D eigenvalue weighted by molar-refractivity contribution is 5.97. The molecule has 1 aromatic rings. The Labute approximate surface area is 122 Å². The smallest absolute Gasteiger partial charge is 0.303 e. The van der Waals surface area contributed by atoms with E-state index in [0.29, 0.717) is 19.5 Å². The highest BCUT2D eigenvalue weighted by atomic mass is 16.4. The van der Waals surface area contributed by atoms with Gasteiger partial charge < -0.3 is 20.2 Å². The van der Waals surface area contributed by atoms with Crippen LogP contribution in [0.3, 0.4) is 0 Å². The fraction of sp³-hybridized carbons (Fsp3) is 0.467. The number of benzene rings is 1. The van der Waals surface area contributed by atoms with Crippen molar-refractivity contribution in [2.45, 2.75) is 25.7 Å². The van der Waals surface area contributed by atoms with Crippen LogP contribution in [-0.2, 0) is 4.79 Å². The number of carbonyl (C=O) groups excluding carboxylic acids is 1. The lowest BCUT2D eigenvalue weighted by atomic mass is 9.93. The summed E-state index contributed by atoms with van der Waals surface area (Å²) in [5.74, 6) is -1.72. The third-order valence-corrected chi connectivity index (χ3v) is 3.82. The van der Waals surface area contributed by atoms with Gasteiger partial charge >= 0.3 is 5.97 Å². The van der Waals surface area contributed by atoms with Gasteiger partial charge in [-0.15, -0.1) is 0 Å². The molecule has 2 rings (SSSR count). The maximum absolute atomic E-state index is 12.4. The zero-order valence-electron chi connectivity index (χ0n) is 11.7. The predicted octanol–water partition coefficient (Wildman–Crippen LogP) is 1.81. The summed E-state index contributed by atoms with van der Waals surface area (Å²) >= 11 is 0. The average Bonchev–Trinajstić information content (AvgIpc) is 2.47. The minimum absolute atomic E-state index is 0.0777. The van der Waals surface area contributed by atoms with Crippen molar-refractivity contribution in [3.8, 4) is 11.5 Å². The lowest BCUT2D eigenvalue weighted by Crippen LogP contribution is -2.40. The minimum Gasteiger partial charge on any atom is -0.504 e. The van der Waals surface area contributed by atoms with Crippen LogP contribution in [0.4, 0.5) is 0 Å². The van der Waals surface area contributed by atoms with E-state index in [1.54, 1.807) is 4.90 Å². The van der Waals surface area contributed by atoms with E-state index >= 15 is 0 Å². The van der Waals surface area contributed by atoms with E-state index in [4.69, 9.17) is 5.11 Å². The van der Waals surface area contributed by atoms with Crippen molar-refractivity contribution >= 4 is 11.9 Å². The Morgan fingerprint density at radius 3 is 2.76 bits per heavy atom. The average molecular weight is 293 g/mol. The third-order valence-electron chi connectivity index (χ3n) is 3.82. The van der Waals surface area contributed by atoms with E-state index < -0.39 is 11.7 Å². The molecule has 1 unspecified atom stereocenters. The molecule has 1 fully saturated rings. The number of hydrogen-bond donors (Lipinski definition) is 3. The number of hydrogen-bond acceptors (Lipinski definition) is 4. The second-order valence-electron chi connectivity index (χ2n) is 5.37. The number of phenolic OH excluding ortho intramolecular Hbond substituents is 2. The number of rotatable bonds is 4. The molecule has 1 aliphatic rings. The molecular weight excluding hydrogens is 274 g/mol. The van der Waals surface area contributed by atoms with E-state index in [-0.39, 0.29) is 29.6 Å². The maximum atomic E-state index is 12.4. The van der Waals surface area contributed by atoms with Crippen molar-refractivity contribution in [1.82, 2.24) is 4.90 Å². The van der Waals surface area contributed by atoms with Crippen LogP contribution < -0.4 is 0 Å². The highest BCUT2D eigenvalue weighted by Crippen LogP contribution is 2.30. The lowest BCUT2D eigenvalue weighted by Gasteiger charge is -2.32. The molecule has 1 atom stereocenters. The van der Waals surface area contributed by atoms with E-state index in [1.807, 2.05) is 0 Å². The Bertz CT molecular complexity index is 543. The van der Waals surface area contributed by atoms with Crippen molar-refractivity contribution < 1.29 is 24.9 Å². The molecule has 0 bridgehead atoms. The van der Waals surface area contributed by atoms with Crippen molar-refractivity contribution in [1.29, 1.82) is 0 Å². The molecule has 6 nitrogen and oxygen atoms in total. The van der Waals surface area contributed by atoms with Crippen LogP contribution in [0.25, 0.3) is 0 Å². The normalized spacial score (nSPS) is 18.5. The number of carboxylic acid groups (broad SMARTS) is 1. The van der Waals surface area contributed by atoms with Crippen molar-refractivity contribution in [3.63, 3.8) is 0 Å². The maximum Gasteiger partial charge on any atom is 0.303 e. The van der Waals surface area contributed by atoms with Gasteiger partial charge in [0.1, 0.15) is 0 Å². The van der Waals surface area contributed by atoms with Crippen LogP contribution in [0, 0.1) is 5.92 Å². The molecule has 0 radical (unpaired) electrons. The number of aliphatic carboxylic acids is 1. The summed E-state index contributed by atoms with van der Waals surface area (Å²) in [6, 6.07) is 4.30. The zero-order chi connectivity index (χ0) is 15.4. The van der Waals surface area contributed by atoms with Crippen LogP contribution in [0.1, 0.15) is 36.0 Å². The second kappa shape index (κ2) is 6.47. The van der Waals surface area contributed by atoms with Gasteiger partial charge in [0.2, 0.25) is 0 Å². The van der Waals surface area contributed by atoms with Crippen molar-refractivity contribution in [2.75, 3.05) is 13.1 Å². The van der Waals surface area contributed by atoms with Gasteiger partial charge in [0.05, 0.1) is 5.56 Å². The summed E-state index contributed by atoms with van der Waals surface area (Å²) < 4.78 is 0. The number of amides is 1. The van der Waals surface area contributed by atoms with Crippen LogP contribution in [0.15, 0.2) is 18.2 Å². The standard InChI is InChI=1S/C15H19NO5/c17-12-5-1-4-11(14(12)20)15(21)16-8-2-3-10(9-16)6-7-13(18)19/h1,4-5,10,17,20H,2-3,6-9H2,(H,18,19). The monoisotopic (exact) mass is 293 g/mol. The van der Waals surface area contributed by atoms with Gasteiger partial charge in [-0.1, -0.05) is 6.07 Å². The zero-order valence-corrected chi connectivity index (χ0v) is 11.7. The van der Waals surface area contributed by atoms with Gasteiger partial charge in [0, 0.05) is 19.5 Å². The summed E-state index contributed by atoms with van der Waals surface area (Å²) in [7, 11) is 0. The Morgan fingerprint density at radius 2 is 2.05 bits per heavy atom. The topological polar surface area (TPSA) is 98.1 Å². The van der Waals surface area contributed by atoms with Gasteiger partial charge in [0.15, 0.2) is 11.5 Å². The fourth-order valence-electron chi connectivity index (χ4n) is 2.69. The highest BCUT2D eigenvalue weighted by Gasteiger charge is 2.26. The molecule has 1 amide bonds. The number of para-hydroxylation sites is 1. The minimum atomic E-state index is -0.830. The number of aromatic hydroxyl groups is 2. The molecule has 1 saturated heterocycles. The summed E-state index contributed by atoms with van der Waals surface area (Å²) in [5, 5.41) is 27.9. The Balaban J connectivity index is 2.05. The van der Waals surface area contributed by atoms with Crippen LogP contribution >= 0.6 is 0 Å². The largest absolute Gasteiger partial charge is 0.504 e. The SMILES string of the molecule is O=C(O)CCC1CCCN(C(=O)c2cccc(O)c2O)C1. The Morgan fingerprint density at radius 1 is 1.29 bits per heavy atom. The molecule has 0 aliphatic carbocycles. The summed E-state index contributed by atoms with van der Waals surface area (Å²) in [5.41, 5.74) is 0.0777. The molecule has 0 aromatic heterocycles. The van der Waals surface area contributed by atoms with E-state index in [9.17, 15) is 19.8 Å². The summed E-state index contributed by atoms with van der Waals surface area (Å²) in [6.07, 6.45) is 2.37. The van der Waals surface area contributed by atoms with E-state index in [1.165, 1.54) is 18.2 Å². The van der Waals surface area contributed by atoms with Crippen LogP contribution in [0.2, 0.25) is 0 Å². The molecule has 0 saturated carbocycles. The molecule has 0 spiro atoms. The van der Waals surface area contributed by atoms with Crippen LogP contribution in [-0.4, -0.2) is 45.2 Å². The number of nitrogens with zero attached hydrogens (tertiary/aromatic N) is 1. The molecule has 1 aromatic carbocycles. The van der Waals surface area contributed by atoms with E-state index in [0.717, 1.165) is 12.8 Å². The molecule has 21 heavy (non-hydrogen) atoms. The predicted molar refractivity (Wildman–Crippen MR) is 75.3 cm³/mol. The van der Waals surface area contributed by atoms with Gasteiger partial charge in [-0.2, -0.15) is 0 Å². The van der Waals surface area contributed by atoms with Gasteiger partial charge in [-0.3, -0.25) is 9.59 Å². The molecular formula is C15H19NO5. The van der Waals surface area contributed by atoms with Gasteiger partial charge in [-0.05, 0) is 37.3 Å². The number of piperidine rings is 1. The Kier molecular flexibility index (Phi) is 4.67. The summed E-state index contributed by atoms with van der Waals surface area (Å²) in [4.78, 5) is 24.6. The number of carbonyl (C=O) groups is 2. The molecule has 6 heteroatoms. The number of carboxylic acids is 1. The van der Waals surface area contributed by atoms with Gasteiger partial charge in [0.25, 0.3) is 5.91 Å². The molecule has 1 aliphatic heterocycles. The quantitative estimate of drug-likeness (QED) is 0.735. The van der Waals surface area contributed by atoms with Crippen molar-refractivity contribution in [2.24, 2.45) is 5.92 Å². The van der Waals surface area contributed by atoms with Crippen molar-refractivity contribution in [3.05, 3.63) is 23.8 Å². The van der Waals surface area contributed by atoms with Gasteiger partial charge in [-0.25, -0.2) is 0 Å². The van der Waals surface area contributed by atoms with Crippen LogP contribution in [0.5, 0.6) is 11.5 Å². The fourth-order valence-corrected chi connectivity index (χ4v) is 2.69. The second-order valence-corrected chi connectivity index (χ2v) is 5.37. The lowest BCUT2D eigenvalue weighted by molar-refractivity contribution is -0.137. The Hall–Kier alpha value is -2.24. The molecule has 114 valence electrons. The number of phenols is 2.